The van der Waals surface area contributed by atoms with E-state index in [9.17, 15) is 18.0 Å². The van der Waals surface area contributed by atoms with Crippen molar-refractivity contribution in [2.24, 2.45) is 0 Å². The zero-order valence-corrected chi connectivity index (χ0v) is 11.6. The first-order valence-electron chi connectivity index (χ1n) is 6.04. The molecule has 0 atom stereocenters. The van der Waals surface area contributed by atoms with Crippen LogP contribution >= 0.6 is 11.3 Å². The summed E-state index contributed by atoms with van der Waals surface area (Å²) in [4.78, 5) is 11.5. The van der Waals surface area contributed by atoms with Crippen LogP contribution in [0, 0.1) is 0 Å². The predicted octanol–water partition coefficient (Wildman–Crippen LogP) is 3.75. The monoisotopic (exact) mass is 315 g/mol. The Bertz CT molecular complexity index is 637. The molecule has 2 aromatic rings. The first-order chi connectivity index (χ1) is 9.86. The van der Waals surface area contributed by atoms with Crippen LogP contribution in [0.4, 0.5) is 13.2 Å². The van der Waals surface area contributed by atoms with E-state index in [1.807, 2.05) is 0 Å². The Balaban J connectivity index is 1.92. The quantitative estimate of drug-likeness (QED) is 0.883. The average molecular weight is 315 g/mol. The molecule has 0 unspecified atom stereocenters. The van der Waals surface area contributed by atoms with Crippen molar-refractivity contribution in [1.29, 1.82) is 0 Å². The molecule has 0 aliphatic heterocycles. The van der Waals surface area contributed by atoms with E-state index in [0.29, 0.717) is 12.1 Å². The van der Waals surface area contributed by atoms with E-state index in [1.54, 1.807) is 12.1 Å². The maximum Gasteiger partial charge on any atom is 0.416 e. The second-order valence-electron chi connectivity index (χ2n) is 4.41. The van der Waals surface area contributed by atoms with Gasteiger partial charge >= 0.3 is 12.1 Å². The predicted molar refractivity (Wildman–Crippen MR) is 73.3 cm³/mol. The molecule has 0 aliphatic carbocycles. The van der Waals surface area contributed by atoms with Crippen molar-refractivity contribution in [3.05, 3.63) is 57.3 Å². The van der Waals surface area contributed by atoms with Gasteiger partial charge in [-0.15, -0.1) is 11.3 Å². The lowest BCUT2D eigenvalue weighted by Gasteiger charge is -2.09. The van der Waals surface area contributed by atoms with Crippen molar-refractivity contribution >= 4 is 17.3 Å². The molecule has 2 rings (SSSR count). The fraction of sp³-hybridized carbons (Fsp3) is 0.214. The van der Waals surface area contributed by atoms with Crippen molar-refractivity contribution < 1.29 is 23.1 Å². The minimum absolute atomic E-state index is 0.218. The number of rotatable bonds is 5. The van der Waals surface area contributed by atoms with Crippen LogP contribution in [0.25, 0.3) is 0 Å². The molecular formula is C14H12F3NO2S. The summed E-state index contributed by atoms with van der Waals surface area (Å²) in [6.07, 6.45) is -4.35. The van der Waals surface area contributed by atoms with E-state index in [1.165, 1.54) is 22.8 Å². The fourth-order valence-electron chi connectivity index (χ4n) is 1.77. The summed E-state index contributed by atoms with van der Waals surface area (Å²) >= 11 is 1.30. The SMILES string of the molecule is O=C(O)c1csc(CNCc2cccc(C(F)(F)F)c2)c1. The minimum Gasteiger partial charge on any atom is -0.478 e. The van der Waals surface area contributed by atoms with E-state index in [0.717, 1.165) is 17.0 Å². The van der Waals surface area contributed by atoms with Gasteiger partial charge in [-0.2, -0.15) is 13.2 Å². The molecule has 0 radical (unpaired) electrons. The topological polar surface area (TPSA) is 49.3 Å². The summed E-state index contributed by atoms with van der Waals surface area (Å²) in [7, 11) is 0. The zero-order chi connectivity index (χ0) is 15.5. The van der Waals surface area contributed by atoms with Gasteiger partial charge in [0.05, 0.1) is 11.1 Å². The Labute approximate surface area is 123 Å². The highest BCUT2D eigenvalue weighted by Crippen LogP contribution is 2.29. The molecule has 0 fully saturated rings. The van der Waals surface area contributed by atoms with Crippen molar-refractivity contribution in [2.75, 3.05) is 0 Å². The number of nitrogens with one attached hydrogen (secondary N) is 1. The maximum absolute atomic E-state index is 12.6. The molecule has 1 heterocycles. The van der Waals surface area contributed by atoms with Crippen LogP contribution in [0.1, 0.15) is 26.4 Å². The summed E-state index contributed by atoms with van der Waals surface area (Å²) in [5, 5.41) is 13.3. The van der Waals surface area contributed by atoms with Gasteiger partial charge in [0.1, 0.15) is 0 Å². The molecule has 1 aromatic heterocycles. The molecular weight excluding hydrogens is 303 g/mol. The summed E-state index contributed by atoms with van der Waals surface area (Å²) in [6, 6.07) is 6.66. The van der Waals surface area contributed by atoms with E-state index < -0.39 is 17.7 Å². The number of hydrogen-bond acceptors (Lipinski definition) is 3. The number of alkyl halides is 3. The Morgan fingerprint density at radius 2 is 2.00 bits per heavy atom. The number of carboxylic acid groups (broad SMARTS) is 1. The summed E-state index contributed by atoms with van der Waals surface area (Å²) in [5.74, 6) is -0.990. The molecule has 2 N–H and O–H groups in total. The van der Waals surface area contributed by atoms with Crippen molar-refractivity contribution in [1.82, 2.24) is 5.32 Å². The van der Waals surface area contributed by atoms with Gasteiger partial charge < -0.3 is 10.4 Å². The van der Waals surface area contributed by atoms with Crippen molar-refractivity contribution in [3.63, 3.8) is 0 Å². The lowest BCUT2D eigenvalue weighted by Crippen LogP contribution is -2.13. The van der Waals surface area contributed by atoms with Crippen LogP contribution < -0.4 is 5.32 Å². The fourth-order valence-corrected chi connectivity index (χ4v) is 2.60. The summed E-state index contributed by atoms with van der Waals surface area (Å²) in [6.45, 7) is 0.693. The lowest BCUT2D eigenvalue weighted by molar-refractivity contribution is -0.137. The van der Waals surface area contributed by atoms with Crippen LogP contribution in [0.15, 0.2) is 35.7 Å². The molecule has 0 saturated heterocycles. The minimum atomic E-state index is -4.35. The summed E-state index contributed by atoms with van der Waals surface area (Å²) in [5.41, 5.74) is 0.0711. The van der Waals surface area contributed by atoms with Gasteiger partial charge in [0, 0.05) is 23.3 Å². The maximum atomic E-state index is 12.6. The second-order valence-corrected chi connectivity index (χ2v) is 5.40. The lowest BCUT2D eigenvalue weighted by atomic mass is 10.1. The first-order valence-corrected chi connectivity index (χ1v) is 6.92. The normalized spacial score (nSPS) is 11.6. The molecule has 0 bridgehead atoms. The standard InChI is InChI=1S/C14H12F3NO2S/c15-14(16,17)11-3-1-2-9(4-11)6-18-7-12-5-10(8-21-12)13(19)20/h1-5,8,18H,6-7H2,(H,19,20). The van der Waals surface area contributed by atoms with E-state index >= 15 is 0 Å². The molecule has 0 amide bonds. The van der Waals surface area contributed by atoms with Gasteiger partial charge in [0.25, 0.3) is 0 Å². The molecule has 21 heavy (non-hydrogen) atoms. The van der Waals surface area contributed by atoms with Crippen LogP contribution in [-0.4, -0.2) is 11.1 Å². The average Bonchev–Trinajstić information content (AvgIpc) is 2.87. The van der Waals surface area contributed by atoms with Crippen LogP contribution in [-0.2, 0) is 19.3 Å². The van der Waals surface area contributed by atoms with Gasteiger partial charge in [-0.3, -0.25) is 0 Å². The number of benzene rings is 1. The smallest absolute Gasteiger partial charge is 0.416 e. The molecule has 0 saturated carbocycles. The van der Waals surface area contributed by atoms with Crippen LogP contribution in [0.3, 0.4) is 0 Å². The number of thiophene rings is 1. The van der Waals surface area contributed by atoms with Crippen LogP contribution in [0.2, 0.25) is 0 Å². The van der Waals surface area contributed by atoms with Crippen LogP contribution in [0.5, 0.6) is 0 Å². The number of carboxylic acids is 1. The van der Waals surface area contributed by atoms with Gasteiger partial charge in [-0.1, -0.05) is 18.2 Å². The Hall–Kier alpha value is -1.86. The van der Waals surface area contributed by atoms with Crippen molar-refractivity contribution in [3.8, 4) is 0 Å². The third-order valence-corrected chi connectivity index (χ3v) is 3.72. The largest absolute Gasteiger partial charge is 0.478 e. The highest BCUT2D eigenvalue weighted by molar-refractivity contribution is 7.10. The molecule has 112 valence electrons. The highest BCUT2D eigenvalue weighted by atomic mass is 32.1. The third-order valence-electron chi connectivity index (χ3n) is 2.78. The molecule has 7 heteroatoms. The Morgan fingerprint density at radius 1 is 1.24 bits per heavy atom. The zero-order valence-electron chi connectivity index (χ0n) is 10.8. The highest BCUT2D eigenvalue weighted by Gasteiger charge is 2.30. The van der Waals surface area contributed by atoms with E-state index in [4.69, 9.17) is 5.11 Å². The molecule has 0 spiro atoms. The Kier molecular flexibility index (Phi) is 4.64. The van der Waals surface area contributed by atoms with Gasteiger partial charge in [0.2, 0.25) is 0 Å². The molecule has 3 nitrogen and oxygen atoms in total. The summed E-state index contributed by atoms with van der Waals surface area (Å²) < 4.78 is 37.7. The number of aromatic carboxylic acids is 1. The van der Waals surface area contributed by atoms with E-state index in [2.05, 4.69) is 5.32 Å². The Morgan fingerprint density at radius 3 is 2.62 bits per heavy atom. The number of carbonyl (C=O) groups is 1. The third kappa shape index (κ3) is 4.30. The van der Waals surface area contributed by atoms with Crippen molar-refractivity contribution in [2.45, 2.75) is 19.3 Å². The number of hydrogen-bond donors (Lipinski definition) is 2. The first kappa shape index (κ1) is 15.5. The van der Waals surface area contributed by atoms with Gasteiger partial charge in [-0.05, 0) is 17.7 Å². The second kappa shape index (κ2) is 6.28. The molecule has 0 aliphatic rings. The number of halogens is 3. The molecule has 1 aromatic carbocycles. The van der Waals surface area contributed by atoms with Gasteiger partial charge in [-0.25, -0.2) is 4.79 Å². The van der Waals surface area contributed by atoms with E-state index in [-0.39, 0.29) is 12.1 Å². The van der Waals surface area contributed by atoms with Gasteiger partial charge in [0.15, 0.2) is 0 Å².